The number of hydrogen-bond acceptors (Lipinski definition) is 2. The van der Waals surface area contributed by atoms with Gasteiger partial charge in [0, 0.05) is 25.9 Å². The molecule has 1 aromatic carbocycles. The highest BCUT2D eigenvalue weighted by Crippen LogP contribution is 2.38. The predicted octanol–water partition coefficient (Wildman–Crippen LogP) is 2.42. The van der Waals surface area contributed by atoms with Gasteiger partial charge in [-0.25, -0.2) is 8.78 Å². The van der Waals surface area contributed by atoms with Crippen LogP contribution in [0.4, 0.5) is 22.0 Å². The Morgan fingerprint density at radius 1 is 1.18 bits per heavy atom. The molecular weight excluding hydrogens is 309 g/mol. The molecule has 0 radical (unpaired) electrons. The number of benzene rings is 1. The molecule has 1 aliphatic rings. The average Bonchev–Trinajstić information content (AvgIpc) is 2.42. The van der Waals surface area contributed by atoms with E-state index in [0.717, 1.165) is 12.1 Å². The number of nitrogens with zero attached hydrogens (tertiary/aromatic N) is 1. The fourth-order valence-corrected chi connectivity index (χ4v) is 2.35. The molecular formula is C14H14F5NO2. The zero-order chi connectivity index (χ0) is 16.5. The van der Waals surface area contributed by atoms with Gasteiger partial charge < -0.3 is 10.0 Å². The van der Waals surface area contributed by atoms with Crippen molar-refractivity contribution in [1.82, 2.24) is 4.90 Å². The van der Waals surface area contributed by atoms with Crippen LogP contribution in [0.3, 0.4) is 0 Å². The average molecular weight is 323 g/mol. The van der Waals surface area contributed by atoms with Crippen molar-refractivity contribution >= 4 is 5.91 Å². The van der Waals surface area contributed by atoms with Crippen LogP contribution in [0.1, 0.15) is 18.4 Å². The fourth-order valence-electron chi connectivity index (χ4n) is 2.35. The molecule has 0 aliphatic carbocycles. The van der Waals surface area contributed by atoms with Gasteiger partial charge in [-0.05, 0) is 17.7 Å². The lowest BCUT2D eigenvalue weighted by Crippen LogP contribution is -2.54. The highest BCUT2D eigenvalue weighted by molar-refractivity contribution is 5.78. The Kier molecular flexibility index (Phi) is 4.42. The molecule has 3 nitrogen and oxygen atoms in total. The zero-order valence-electron chi connectivity index (χ0n) is 11.5. The zero-order valence-corrected chi connectivity index (χ0v) is 11.5. The van der Waals surface area contributed by atoms with Gasteiger partial charge in [-0.3, -0.25) is 4.79 Å². The van der Waals surface area contributed by atoms with Crippen molar-refractivity contribution in [1.29, 1.82) is 0 Å². The second-order valence-electron chi connectivity index (χ2n) is 5.34. The Hall–Kier alpha value is -1.70. The number of piperidine rings is 1. The third-order valence-corrected chi connectivity index (χ3v) is 3.81. The first-order valence-electron chi connectivity index (χ1n) is 6.63. The van der Waals surface area contributed by atoms with Gasteiger partial charge in [0.15, 0.2) is 17.2 Å². The van der Waals surface area contributed by atoms with Crippen molar-refractivity contribution in [3.63, 3.8) is 0 Å². The molecule has 0 saturated carbocycles. The van der Waals surface area contributed by atoms with Crippen LogP contribution in [-0.2, 0) is 11.2 Å². The molecule has 0 unspecified atom stereocenters. The van der Waals surface area contributed by atoms with Crippen molar-refractivity contribution in [3.05, 3.63) is 35.4 Å². The van der Waals surface area contributed by atoms with Crippen molar-refractivity contribution in [3.8, 4) is 0 Å². The SMILES string of the molecule is O=C(Cc1ccc(F)c(F)c1)N1CCC(O)(C(F)(F)F)CC1. The number of halogens is 5. The Morgan fingerprint density at radius 2 is 1.77 bits per heavy atom. The van der Waals surface area contributed by atoms with E-state index in [9.17, 15) is 31.9 Å². The highest BCUT2D eigenvalue weighted by Gasteiger charge is 2.54. The van der Waals surface area contributed by atoms with E-state index in [1.165, 1.54) is 11.0 Å². The van der Waals surface area contributed by atoms with Gasteiger partial charge >= 0.3 is 6.18 Å². The van der Waals surface area contributed by atoms with E-state index in [1.807, 2.05) is 0 Å². The molecule has 8 heteroatoms. The van der Waals surface area contributed by atoms with Crippen LogP contribution in [0, 0.1) is 11.6 Å². The molecule has 122 valence electrons. The molecule has 1 heterocycles. The number of hydrogen-bond donors (Lipinski definition) is 1. The van der Waals surface area contributed by atoms with E-state index in [2.05, 4.69) is 0 Å². The predicted molar refractivity (Wildman–Crippen MR) is 66.9 cm³/mol. The summed E-state index contributed by atoms with van der Waals surface area (Å²) in [6, 6.07) is 3.01. The Bertz CT molecular complexity index is 565. The van der Waals surface area contributed by atoms with Crippen LogP contribution >= 0.6 is 0 Å². The Balaban J connectivity index is 1.97. The van der Waals surface area contributed by atoms with Gasteiger partial charge in [0.25, 0.3) is 0 Å². The second-order valence-corrected chi connectivity index (χ2v) is 5.34. The summed E-state index contributed by atoms with van der Waals surface area (Å²) in [5.74, 6) is -2.62. The van der Waals surface area contributed by atoms with Gasteiger partial charge in [-0.2, -0.15) is 13.2 Å². The van der Waals surface area contributed by atoms with Gasteiger partial charge in [0.2, 0.25) is 5.91 Å². The summed E-state index contributed by atoms with van der Waals surface area (Å²) in [5.41, 5.74) is -2.54. The topological polar surface area (TPSA) is 40.5 Å². The summed E-state index contributed by atoms with van der Waals surface area (Å²) in [4.78, 5) is 13.2. The van der Waals surface area contributed by atoms with Crippen LogP contribution in [0.15, 0.2) is 18.2 Å². The lowest BCUT2D eigenvalue weighted by atomic mass is 9.90. The molecule has 0 atom stereocenters. The maximum absolute atomic E-state index is 13.0. The molecule has 0 aromatic heterocycles. The van der Waals surface area contributed by atoms with Crippen molar-refractivity contribution in [2.24, 2.45) is 0 Å². The van der Waals surface area contributed by atoms with Crippen molar-refractivity contribution in [2.45, 2.75) is 31.0 Å². The van der Waals surface area contributed by atoms with E-state index in [0.29, 0.717) is 0 Å². The van der Waals surface area contributed by atoms with Crippen molar-refractivity contribution in [2.75, 3.05) is 13.1 Å². The number of carbonyl (C=O) groups is 1. The number of likely N-dealkylation sites (tertiary alicyclic amines) is 1. The third kappa shape index (κ3) is 3.37. The number of alkyl halides is 3. The normalized spacial score (nSPS) is 18.4. The monoisotopic (exact) mass is 323 g/mol. The van der Waals surface area contributed by atoms with Gasteiger partial charge in [0.1, 0.15) is 0 Å². The number of amides is 1. The minimum atomic E-state index is -4.73. The Morgan fingerprint density at radius 3 is 2.27 bits per heavy atom. The summed E-state index contributed by atoms with van der Waals surface area (Å²) in [5, 5.41) is 9.51. The molecule has 1 fully saturated rings. The van der Waals surface area contributed by atoms with Crippen LogP contribution in [0.2, 0.25) is 0 Å². The maximum atomic E-state index is 13.0. The lowest BCUT2D eigenvalue weighted by molar-refractivity contribution is -0.272. The van der Waals surface area contributed by atoms with E-state index in [4.69, 9.17) is 0 Å². The van der Waals surface area contributed by atoms with Crippen LogP contribution in [0.25, 0.3) is 0 Å². The molecule has 1 aliphatic heterocycles. The first-order valence-corrected chi connectivity index (χ1v) is 6.63. The largest absolute Gasteiger partial charge is 0.417 e. The number of carbonyl (C=O) groups excluding carboxylic acids is 1. The third-order valence-electron chi connectivity index (χ3n) is 3.81. The lowest BCUT2D eigenvalue weighted by Gasteiger charge is -2.39. The van der Waals surface area contributed by atoms with Crippen molar-refractivity contribution < 1.29 is 31.9 Å². The smallest absolute Gasteiger partial charge is 0.380 e. The van der Waals surface area contributed by atoms with Crippen LogP contribution in [-0.4, -0.2) is 40.8 Å². The molecule has 22 heavy (non-hydrogen) atoms. The van der Waals surface area contributed by atoms with E-state index >= 15 is 0 Å². The highest BCUT2D eigenvalue weighted by atomic mass is 19.4. The number of rotatable bonds is 2. The number of aliphatic hydroxyl groups is 1. The molecule has 1 N–H and O–H groups in total. The summed E-state index contributed by atoms with van der Waals surface area (Å²) < 4.78 is 63.8. The van der Waals surface area contributed by atoms with Crippen LogP contribution < -0.4 is 0 Å². The first-order chi connectivity index (χ1) is 10.1. The molecule has 2 rings (SSSR count). The van der Waals surface area contributed by atoms with Gasteiger partial charge in [-0.15, -0.1) is 0 Å². The quantitative estimate of drug-likeness (QED) is 0.849. The summed E-state index contributed by atoms with van der Waals surface area (Å²) in [6.07, 6.45) is -6.16. The molecule has 1 aromatic rings. The van der Waals surface area contributed by atoms with Crippen LogP contribution in [0.5, 0.6) is 0 Å². The summed E-state index contributed by atoms with van der Waals surface area (Å²) in [7, 11) is 0. The van der Waals surface area contributed by atoms with E-state index in [-0.39, 0.29) is 25.1 Å². The minimum Gasteiger partial charge on any atom is -0.380 e. The second kappa shape index (κ2) is 5.83. The molecule has 0 spiro atoms. The van der Waals surface area contributed by atoms with Gasteiger partial charge in [-0.1, -0.05) is 6.07 Å². The standard InChI is InChI=1S/C14H14F5NO2/c15-10-2-1-9(7-11(10)16)8-12(21)20-5-3-13(22,4-6-20)14(17,18)19/h1-2,7,22H,3-6,8H2. The summed E-state index contributed by atoms with van der Waals surface area (Å²) >= 11 is 0. The molecule has 1 amide bonds. The van der Waals surface area contributed by atoms with E-state index < -0.39 is 42.2 Å². The summed E-state index contributed by atoms with van der Waals surface area (Å²) in [6.45, 7) is -0.475. The van der Waals surface area contributed by atoms with Gasteiger partial charge in [0.05, 0.1) is 6.42 Å². The molecule has 1 saturated heterocycles. The maximum Gasteiger partial charge on any atom is 0.417 e. The first kappa shape index (κ1) is 16.7. The Labute approximate surface area is 123 Å². The fraction of sp³-hybridized carbons (Fsp3) is 0.500. The molecule has 0 bridgehead atoms. The van der Waals surface area contributed by atoms with E-state index in [1.54, 1.807) is 0 Å². The minimum absolute atomic E-state index is 0.234.